The summed E-state index contributed by atoms with van der Waals surface area (Å²) in [6.07, 6.45) is 0.267. The van der Waals surface area contributed by atoms with Crippen molar-refractivity contribution in [2.45, 2.75) is 38.4 Å². The fourth-order valence-electron chi connectivity index (χ4n) is 5.44. The largest absolute Gasteiger partial charge is 0.469 e. The first-order chi connectivity index (χ1) is 19.2. The first-order valence-corrected chi connectivity index (χ1v) is 13.3. The molecule has 0 atom stereocenters. The smallest absolute Gasteiger partial charge is 0.416 e. The number of esters is 1. The molecule has 6 nitrogen and oxygen atoms in total. The number of carbonyl (C=O) groups is 2. The zero-order chi connectivity index (χ0) is 28.3. The molecule has 9 heteroatoms. The Bertz CT molecular complexity index is 1510. The highest BCUT2D eigenvalue weighted by atomic mass is 19.4. The van der Waals surface area contributed by atoms with Crippen LogP contribution in [0.4, 0.5) is 13.2 Å². The molecule has 0 radical (unpaired) electrons. The third-order valence-electron chi connectivity index (χ3n) is 7.60. The summed E-state index contributed by atoms with van der Waals surface area (Å²) >= 11 is 0. The van der Waals surface area contributed by atoms with E-state index in [1.807, 2.05) is 42.5 Å². The van der Waals surface area contributed by atoms with Crippen molar-refractivity contribution in [3.8, 4) is 11.1 Å². The maximum atomic E-state index is 13.6. The van der Waals surface area contributed by atoms with Crippen molar-refractivity contribution in [2.24, 2.45) is 11.8 Å². The van der Waals surface area contributed by atoms with E-state index in [0.717, 1.165) is 54.3 Å². The van der Waals surface area contributed by atoms with Crippen molar-refractivity contribution in [2.75, 3.05) is 13.7 Å². The van der Waals surface area contributed by atoms with Crippen LogP contribution in [0.3, 0.4) is 0 Å². The van der Waals surface area contributed by atoms with Gasteiger partial charge in [-0.1, -0.05) is 42.5 Å². The van der Waals surface area contributed by atoms with E-state index in [4.69, 9.17) is 4.74 Å². The first kappa shape index (κ1) is 27.4. The first-order valence-electron chi connectivity index (χ1n) is 13.3. The Kier molecular flexibility index (Phi) is 7.91. The number of ether oxygens (including phenoxy) is 1. The van der Waals surface area contributed by atoms with Gasteiger partial charge in [0, 0.05) is 11.9 Å². The van der Waals surface area contributed by atoms with Crippen LogP contribution in [-0.2, 0) is 22.3 Å². The molecule has 0 saturated heterocycles. The zero-order valence-electron chi connectivity index (χ0n) is 22.1. The van der Waals surface area contributed by atoms with Gasteiger partial charge in [-0.05, 0) is 72.6 Å². The molecule has 1 N–H and O–H groups in total. The van der Waals surface area contributed by atoms with E-state index in [9.17, 15) is 22.8 Å². The van der Waals surface area contributed by atoms with Crippen LogP contribution in [-0.4, -0.2) is 35.3 Å². The van der Waals surface area contributed by atoms with Crippen LogP contribution in [0.25, 0.3) is 22.0 Å². The summed E-state index contributed by atoms with van der Waals surface area (Å²) in [5, 5.41) is 8.24. The number of nitrogens with zero attached hydrogens (tertiary/aromatic N) is 2. The molecule has 208 valence electrons. The topological polar surface area (TPSA) is 73.2 Å². The van der Waals surface area contributed by atoms with Gasteiger partial charge in [-0.15, -0.1) is 0 Å². The van der Waals surface area contributed by atoms with Gasteiger partial charge in [0.25, 0.3) is 5.91 Å². The number of benzene rings is 3. The van der Waals surface area contributed by atoms with Crippen LogP contribution in [0.15, 0.2) is 72.9 Å². The van der Waals surface area contributed by atoms with E-state index in [2.05, 4.69) is 10.4 Å². The molecular weight excluding hydrogens is 519 g/mol. The van der Waals surface area contributed by atoms with Crippen molar-refractivity contribution >= 4 is 22.8 Å². The van der Waals surface area contributed by atoms with Crippen molar-refractivity contribution in [3.05, 3.63) is 89.6 Å². The minimum atomic E-state index is -4.45. The predicted molar refractivity (Wildman–Crippen MR) is 146 cm³/mol. The number of halogens is 3. The van der Waals surface area contributed by atoms with Crippen molar-refractivity contribution in [1.29, 1.82) is 0 Å². The molecule has 4 aromatic rings. The maximum Gasteiger partial charge on any atom is 0.416 e. The monoisotopic (exact) mass is 549 g/mol. The molecule has 1 aliphatic carbocycles. The lowest BCUT2D eigenvalue weighted by Crippen LogP contribution is -2.33. The third-order valence-corrected chi connectivity index (χ3v) is 7.60. The standard InChI is InChI=1S/C31H30F3N3O3/c1-40-30(39)23-12-10-20(11-13-23)17-35-29(38)27-16-24(22-7-3-2-4-8-22)15-25-18-36-37(28(25)27)19-21-6-5-9-26(14-21)31(32,33)34/h2-9,14-16,18,20,23H,10-13,17,19H2,1H3,(H,35,38). The molecule has 1 aliphatic rings. The van der Waals surface area contributed by atoms with Crippen LogP contribution in [0.1, 0.15) is 47.2 Å². The predicted octanol–water partition coefficient (Wildman–Crippen LogP) is 6.48. The van der Waals surface area contributed by atoms with E-state index in [-0.39, 0.29) is 30.3 Å². The van der Waals surface area contributed by atoms with Gasteiger partial charge in [-0.25, -0.2) is 0 Å². The molecule has 0 spiro atoms. The fourth-order valence-corrected chi connectivity index (χ4v) is 5.44. The number of methoxy groups -OCH3 is 1. The van der Waals surface area contributed by atoms with Crippen LogP contribution in [0.2, 0.25) is 0 Å². The molecule has 1 amide bonds. The number of rotatable bonds is 7. The van der Waals surface area contributed by atoms with Gasteiger partial charge in [0.2, 0.25) is 0 Å². The Labute approximate surface area is 230 Å². The summed E-state index contributed by atoms with van der Waals surface area (Å²) in [5.41, 5.74) is 2.45. The Hall–Kier alpha value is -4.14. The van der Waals surface area contributed by atoms with Gasteiger partial charge in [0.1, 0.15) is 0 Å². The molecule has 1 heterocycles. The zero-order valence-corrected chi connectivity index (χ0v) is 22.1. The Morgan fingerprint density at radius 3 is 2.42 bits per heavy atom. The van der Waals surface area contributed by atoms with Gasteiger partial charge in [0.15, 0.2) is 0 Å². The van der Waals surface area contributed by atoms with Gasteiger partial charge in [-0.3, -0.25) is 14.3 Å². The van der Waals surface area contributed by atoms with Gasteiger partial charge in [0.05, 0.1) is 42.4 Å². The fraction of sp³-hybridized carbons (Fsp3) is 0.323. The molecular formula is C31H30F3N3O3. The van der Waals surface area contributed by atoms with E-state index in [1.165, 1.54) is 13.2 Å². The lowest BCUT2D eigenvalue weighted by molar-refractivity contribution is -0.146. The summed E-state index contributed by atoms with van der Waals surface area (Å²) < 4.78 is 46.3. The van der Waals surface area contributed by atoms with Gasteiger partial charge >= 0.3 is 12.1 Å². The Balaban J connectivity index is 1.43. The number of aromatic nitrogens is 2. The molecule has 1 fully saturated rings. The average molecular weight is 550 g/mol. The SMILES string of the molecule is COC(=O)C1CCC(CNC(=O)c2cc(-c3ccccc3)cc3cnn(Cc4cccc(C(F)(F)F)c4)c23)CC1. The minimum Gasteiger partial charge on any atom is -0.469 e. The van der Waals surface area contributed by atoms with Crippen molar-refractivity contribution < 1.29 is 27.5 Å². The molecule has 40 heavy (non-hydrogen) atoms. The second-order valence-corrected chi connectivity index (χ2v) is 10.3. The number of alkyl halides is 3. The van der Waals surface area contributed by atoms with Crippen molar-refractivity contribution in [3.63, 3.8) is 0 Å². The molecule has 3 aromatic carbocycles. The quantitative estimate of drug-likeness (QED) is 0.268. The van der Waals surface area contributed by atoms with Crippen LogP contribution < -0.4 is 5.32 Å². The van der Waals surface area contributed by atoms with Crippen LogP contribution in [0.5, 0.6) is 0 Å². The summed E-state index contributed by atoms with van der Waals surface area (Å²) in [6, 6.07) is 18.5. The minimum absolute atomic E-state index is 0.0793. The third kappa shape index (κ3) is 6.03. The number of amides is 1. The summed E-state index contributed by atoms with van der Waals surface area (Å²) in [4.78, 5) is 25.5. The van der Waals surface area contributed by atoms with Crippen LogP contribution in [0, 0.1) is 11.8 Å². The number of fused-ring (bicyclic) bond motifs is 1. The average Bonchev–Trinajstić information content (AvgIpc) is 3.38. The molecule has 1 saturated carbocycles. The highest BCUT2D eigenvalue weighted by Crippen LogP contribution is 2.32. The summed E-state index contributed by atoms with van der Waals surface area (Å²) in [5.74, 6) is -0.308. The lowest BCUT2D eigenvalue weighted by atomic mass is 9.82. The maximum absolute atomic E-state index is 13.6. The number of hydrogen-bond donors (Lipinski definition) is 1. The van der Waals surface area contributed by atoms with E-state index >= 15 is 0 Å². The molecule has 5 rings (SSSR count). The van der Waals surface area contributed by atoms with E-state index in [1.54, 1.807) is 16.9 Å². The Morgan fingerprint density at radius 1 is 0.975 bits per heavy atom. The van der Waals surface area contributed by atoms with E-state index in [0.29, 0.717) is 23.2 Å². The molecule has 0 aliphatic heterocycles. The summed E-state index contributed by atoms with van der Waals surface area (Å²) in [6.45, 7) is 0.543. The van der Waals surface area contributed by atoms with Gasteiger partial charge in [-0.2, -0.15) is 18.3 Å². The lowest BCUT2D eigenvalue weighted by Gasteiger charge is -2.27. The number of hydrogen-bond acceptors (Lipinski definition) is 4. The molecule has 0 bridgehead atoms. The second kappa shape index (κ2) is 11.5. The second-order valence-electron chi connectivity index (χ2n) is 10.3. The highest BCUT2D eigenvalue weighted by Gasteiger charge is 2.30. The summed E-state index contributed by atoms with van der Waals surface area (Å²) in [7, 11) is 1.40. The van der Waals surface area contributed by atoms with Gasteiger partial charge < -0.3 is 10.1 Å². The van der Waals surface area contributed by atoms with Crippen LogP contribution >= 0.6 is 0 Å². The Morgan fingerprint density at radius 2 is 1.73 bits per heavy atom. The normalized spacial score (nSPS) is 17.5. The number of nitrogens with one attached hydrogen (secondary N) is 1. The highest BCUT2D eigenvalue weighted by molar-refractivity contribution is 6.07. The van der Waals surface area contributed by atoms with Crippen molar-refractivity contribution in [1.82, 2.24) is 15.1 Å². The molecule has 0 unspecified atom stereocenters. The molecule has 1 aromatic heterocycles. The number of carbonyl (C=O) groups excluding carboxylic acids is 2. The van der Waals surface area contributed by atoms with E-state index < -0.39 is 11.7 Å².